The molecule has 0 saturated heterocycles. The van der Waals surface area contributed by atoms with Gasteiger partial charge in [0.1, 0.15) is 0 Å². The molecule has 0 spiro atoms. The molecule has 1 aromatic heterocycles. The first kappa shape index (κ1) is 14.5. The summed E-state index contributed by atoms with van der Waals surface area (Å²) >= 11 is 1.55. The summed E-state index contributed by atoms with van der Waals surface area (Å²) in [6.45, 7) is 8.35. The van der Waals surface area contributed by atoms with E-state index in [0.29, 0.717) is 0 Å². The van der Waals surface area contributed by atoms with Crippen molar-refractivity contribution in [1.82, 2.24) is 4.98 Å². The molecular weight excluding hydrogens is 268 g/mol. The molecule has 5 heteroatoms. The average molecular weight is 288 g/mol. The predicted molar refractivity (Wildman–Crippen MR) is 88.1 cm³/mol. The molecule has 20 heavy (non-hydrogen) atoms. The summed E-state index contributed by atoms with van der Waals surface area (Å²) in [5, 5.41) is 7.01. The smallest absolute Gasteiger partial charge is 0.203 e. The number of thiazole rings is 1. The first-order valence-corrected chi connectivity index (χ1v) is 7.67. The number of nitrogens with one attached hydrogen (secondary N) is 1. The molecule has 106 valence electrons. The van der Waals surface area contributed by atoms with Crippen LogP contribution in [0.15, 0.2) is 34.7 Å². The average Bonchev–Trinajstić information content (AvgIpc) is 2.87. The minimum absolute atomic E-state index is 0.818. The first-order chi connectivity index (χ1) is 9.72. The van der Waals surface area contributed by atoms with E-state index in [1.54, 1.807) is 11.3 Å². The molecule has 4 nitrogen and oxygen atoms in total. The second kappa shape index (κ2) is 7.05. The number of rotatable bonds is 6. The van der Waals surface area contributed by atoms with E-state index in [-0.39, 0.29) is 0 Å². The van der Waals surface area contributed by atoms with Gasteiger partial charge in [0.05, 0.1) is 11.9 Å². The van der Waals surface area contributed by atoms with E-state index in [2.05, 4.69) is 58.5 Å². The van der Waals surface area contributed by atoms with Gasteiger partial charge in [0.15, 0.2) is 0 Å². The maximum Gasteiger partial charge on any atom is 0.203 e. The van der Waals surface area contributed by atoms with Crippen molar-refractivity contribution in [3.8, 4) is 0 Å². The first-order valence-electron chi connectivity index (χ1n) is 6.79. The highest BCUT2D eigenvalue weighted by atomic mass is 32.1. The summed E-state index contributed by atoms with van der Waals surface area (Å²) in [7, 11) is 0. The molecule has 1 aromatic carbocycles. The Hall–Kier alpha value is -1.88. The third-order valence-corrected chi connectivity index (χ3v) is 3.88. The lowest BCUT2D eigenvalue weighted by Crippen LogP contribution is -2.21. The standard InChI is InChI=1S/C15H20N4S/c1-4-19(5-2)14-8-6-13(7-9-14)10-16-18-15-17-12(3)11-20-15/h6-11H,4-5H2,1-3H3,(H,17,18)/b16-10-. The lowest BCUT2D eigenvalue weighted by Gasteiger charge is -2.20. The number of nitrogens with zero attached hydrogens (tertiary/aromatic N) is 3. The van der Waals surface area contributed by atoms with E-state index < -0.39 is 0 Å². The fourth-order valence-electron chi connectivity index (χ4n) is 1.93. The third kappa shape index (κ3) is 3.81. The van der Waals surface area contributed by atoms with Crippen molar-refractivity contribution in [2.75, 3.05) is 23.4 Å². The summed E-state index contributed by atoms with van der Waals surface area (Å²) < 4.78 is 0. The van der Waals surface area contributed by atoms with E-state index in [0.717, 1.165) is 29.5 Å². The van der Waals surface area contributed by atoms with E-state index in [9.17, 15) is 0 Å². The van der Waals surface area contributed by atoms with Crippen molar-refractivity contribution in [1.29, 1.82) is 0 Å². The molecule has 2 rings (SSSR count). The maximum absolute atomic E-state index is 4.29. The van der Waals surface area contributed by atoms with Gasteiger partial charge in [-0.1, -0.05) is 12.1 Å². The van der Waals surface area contributed by atoms with Crippen LogP contribution in [0.5, 0.6) is 0 Å². The number of aryl methyl sites for hydroxylation is 1. The van der Waals surface area contributed by atoms with Gasteiger partial charge in [-0.25, -0.2) is 4.98 Å². The van der Waals surface area contributed by atoms with Gasteiger partial charge in [0.25, 0.3) is 0 Å². The second-order valence-electron chi connectivity index (χ2n) is 4.43. The summed E-state index contributed by atoms with van der Waals surface area (Å²) in [5.41, 5.74) is 6.27. The molecule has 0 atom stereocenters. The zero-order valence-electron chi connectivity index (χ0n) is 12.1. The van der Waals surface area contributed by atoms with Crippen LogP contribution in [-0.4, -0.2) is 24.3 Å². The monoisotopic (exact) mass is 288 g/mol. The summed E-state index contributed by atoms with van der Waals surface area (Å²) in [6, 6.07) is 8.40. The minimum atomic E-state index is 0.818. The molecule has 0 fully saturated rings. The summed E-state index contributed by atoms with van der Waals surface area (Å²) in [4.78, 5) is 6.61. The topological polar surface area (TPSA) is 40.5 Å². The molecular formula is C15H20N4S. The normalized spacial score (nSPS) is 10.9. The minimum Gasteiger partial charge on any atom is -0.372 e. The van der Waals surface area contributed by atoms with Crippen LogP contribution >= 0.6 is 11.3 Å². The molecule has 0 aliphatic carbocycles. The van der Waals surface area contributed by atoms with E-state index in [4.69, 9.17) is 0 Å². The van der Waals surface area contributed by atoms with E-state index in [1.807, 2.05) is 18.5 Å². The van der Waals surface area contributed by atoms with Gasteiger partial charge in [0, 0.05) is 24.2 Å². The van der Waals surface area contributed by atoms with Gasteiger partial charge in [-0.05, 0) is 38.5 Å². The largest absolute Gasteiger partial charge is 0.372 e. The van der Waals surface area contributed by atoms with Crippen LogP contribution in [0.3, 0.4) is 0 Å². The lowest BCUT2D eigenvalue weighted by molar-refractivity contribution is 0.866. The highest BCUT2D eigenvalue weighted by Crippen LogP contribution is 2.15. The Bertz CT molecular complexity index is 556. The van der Waals surface area contributed by atoms with Crippen LogP contribution in [0.1, 0.15) is 25.1 Å². The SMILES string of the molecule is CCN(CC)c1ccc(/C=N\Nc2nc(C)cs2)cc1. The van der Waals surface area contributed by atoms with Crippen LogP contribution in [0.25, 0.3) is 0 Å². The molecule has 0 aliphatic heterocycles. The van der Waals surface area contributed by atoms with E-state index >= 15 is 0 Å². The molecule has 0 unspecified atom stereocenters. The Morgan fingerprint density at radius 2 is 1.95 bits per heavy atom. The van der Waals surface area contributed by atoms with Gasteiger partial charge in [-0.3, -0.25) is 5.43 Å². The van der Waals surface area contributed by atoms with Gasteiger partial charge in [-0.2, -0.15) is 5.10 Å². The molecule has 1 N–H and O–H groups in total. The third-order valence-electron chi connectivity index (χ3n) is 3.01. The van der Waals surface area contributed by atoms with Gasteiger partial charge in [-0.15, -0.1) is 11.3 Å². The molecule has 0 aliphatic rings. The molecule has 1 heterocycles. The lowest BCUT2D eigenvalue weighted by atomic mass is 10.2. The summed E-state index contributed by atoms with van der Waals surface area (Å²) in [5.74, 6) is 0. The Balaban J connectivity index is 1.96. The Morgan fingerprint density at radius 1 is 1.25 bits per heavy atom. The van der Waals surface area contributed by atoms with Gasteiger partial charge < -0.3 is 4.90 Å². The van der Waals surface area contributed by atoms with Crippen LogP contribution < -0.4 is 10.3 Å². The highest BCUT2D eigenvalue weighted by molar-refractivity contribution is 7.13. The van der Waals surface area contributed by atoms with Crippen molar-refractivity contribution >= 4 is 28.4 Å². The van der Waals surface area contributed by atoms with E-state index in [1.165, 1.54) is 5.69 Å². The van der Waals surface area contributed by atoms with Crippen LogP contribution in [0, 0.1) is 6.92 Å². The van der Waals surface area contributed by atoms with Gasteiger partial charge >= 0.3 is 0 Å². The number of hydrogen-bond acceptors (Lipinski definition) is 5. The van der Waals surface area contributed by atoms with Crippen LogP contribution in [-0.2, 0) is 0 Å². The Labute approximate surface area is 124 Å². The maximum atomic E-state index is 4.29. The Morgan fingerprint density at radius 3 is 2.50 bits per heavy atom. The van der Waals surface area contributed by atoms with Crippen molar-refractivity contribution in [3.63, 3.8) is 0 Å². The number of aromatic nitrogens is 1. The quantitative estimate of drug-likeness (QED) is 0.650. The van der Waals surface area contributed by atoms with Crippen molar-refractivity contribution < 1.29 is 0 Å². The molecule has 0 amide bonds. The predicted octanol–water partition coefficient (Wildman–Crippen LogP) is 3.74. The van der Waals surface area contributed by atoms with Crippen molar-refractivity contribution in [2.45, 2.75) is 20.8 Å². The summed E-state index contributed by atoms with van der Waals surface area (Å²) in [6.07, 6.45) is 1.81. The fraction of sp³-hybridized carbons (Fsp3) is 0.333. The zero-order chi connectivity index (χ0) is 14.4. The zero-order valence-corrected chi connectivity index (χ0v) is 12.9. The Kier molecular flexibility index (Phi) is 5.12. The number of hydrazone groups is 1. The van der Waals surface area contributed by atoms with Crippen LogP contribution in [0.4, 0.5) is 10.8 Å². The van der Waals surface area contributed by atoms with Crippen LogP contribution in [0.2, 0.25) is 0 Å². The number of benzene rings is 1. The van der Waals surface area contributed by atoms with Gasteiger partial charge in [0.2, 0.25) is 5.13 Å². The molecule has 0 bridgehead atoms. The van der Waals surface area contributed by atoms with Crippen molar-refractivity contribution in [3.05, 3.63) is 40.9 Å². The second-order valence-corrected chi connectivity index (χ2v) is 5.29. The highest BCUT2D eigenvalue weighted by Gasteiger charge is 2.00. The molecule has 0 radical (unpaired) electrons. The fourth-order valence-corrected chi connectivity index (χ4v) is 2.56. The molecule has 0 saturated carbocycles. The number of hydrogen-bond donors (Lipinski definition) is 1. The number of anilines is 2. The van der Waals surface area contributed by atoms with Crippen molar-refractivity contribution in [2.24, 2.45) is 5.10 Å². The molecule has 2 aromatic rings.